The van der Waals surface area contributed by atoms with Gasteiger partial charge in [-0.1, -0.05) is 35.9 Å². The Morgan fingerprint density at radius 1 is 1.14 bits per heavy atom. The molecule has 0 unspecified atom stereocenters. The molecule has 0 bridgehead atoms. The summed E-state index contributed by atoms with van der Waals surface area (Å²) < 4.78 is 0. The van der Waals surface area contributed by atoms with Gasteiger partial charge in [0, 0.05) is 24.3 Å². The van der Waals surface area contributed by atoms with E-state index in [0.717, 1.165) is 31.6 Å². The van der Waals surface area contributed by atoms with Gasteiger partial charge >= 0.3 is 0 Å². The van der Waals surface area contributed by atoms with E-state index >= 15 is 0 Å². The number of hydrogen-bond acceptors (Lipinski definition) is 2. The Morgan fingerprint density at radius 2 is 1.90 bits per heavy atom. The lowest BCUT2D eigenvalue weighted by Crippen LogP contribution is -2.22. The number of anilines is 1. The van der Waals surface area contributed by atoms with E-state index in [9.17, 15) is 4.79 Å². The second-order valence-corrected chi connectivity index (χ2v) is 5.92. The predicted molar refractivity (Wildman–Crippen MR) is 87.3 cm³/mol. The summed E-state index contributed by atoms with van der Waals surface area (Å²) in [5.41, 5.74) is 4.49. The molecule has 0 atom stereocenters. The van der Waals surface area contributed by atoms with Crippen LogP contribution in [0, 0.1) is 0 Å². The lowest BCUT2D eigenvalue weighted by Gasteiger charge is -2.23. The van der Waals surface area contributed by atoms with E-state index in [1.807, 2.05) is 18.2 Å². The van der Waals surface area contributed by atoms with Crippen molar-refractivity contribution in [2.45, 2.75) is 26.3 Å². The van der Waals surface area contributed by atoms with Crippen molar-refractivity contribution in [3.05, 3.63) is 64.2 Å². The summed E-state index contributed by atoms with van der Waals surface area (Å²) in [5, 5.41) is 0.539. The molecule has 0 saturated heterocycles. The topological polar surface area (TPSA) is 20.3 Å². The molecule has 2 aromatic carbocycles. The monoisotopic (exact) mass is 299 g/mol. The Kier molecular flexibility index (Phi) is 3.98. The zero-order valence-corrected chi connectivity index (χ0v) is 12.9. The number of halogens is 1. The molecule has 1 aliphatic heterocycles. The van der Waals surface area contributed by atoms with E-state index in [2.05, 4.69) is 29.2 Å². The Balaban J connectivity index is 1.91. The van der Waals surface area contributed by atoms with Crippen molar-refractivity contribution in [3.8, 4) is 0 Å². The van der Waals surface area contributed by atoms with Gasteiger partial charge in [-0.05, 0) is 49.1 Å². The van der Waals surface area contributed by atoms with Crippen molar-refractivity contribution in [2.24, 2.45) is 0 Å². The van der Waals surface area contributed by atoms with Gasteiger partial charge in [0.15, 0.2) is 5.78 Å². The minimum Gasteiger partial charge on any atom is -0.367 e. The van der Waals surface area contributed by atoms with Gasteiger partial charge in [-0.3, -0.25) is 4.79 Å². The summed E-state index contributed by atoms with van der Waals surface area (Å²) in [4.78, 5) is 13.8. The molecular weight excluding hydrogens is 282 g/mol. The second kappa shape index (κ2) is 5.90. The van der Waals surface area contributed by atoms with Crippen LogP contribution in [0.4, 0.5) is 5.69 Å². The predicted octanol–water partition coefficient (Wildman–Crippen LogP) is 4.50. The number of rotatable bonds is 2. The van der Waals surface area contributed by atoms with E-state index in [0.29, 0.717) is 10.6 Å². The fraction of sp³-hybridized carbons (Fsp3) is 0.278. The number of nitrogens with zero attached hydrogens (tertiary/aromatic N) is 1. The van der Waals surface area contributed by atoms with E-state index in [1.54, 1.807) is 6.92 Å². The van der Waals surface area contributed by atoms with Gasteiger partial charge in [0.05, 0.1) is 5.02 Å². The molecule has 108 valence electrons. The van der Waals surface area contributed by atoms with E-state index in [1.165, 1.54) is 11.1 Å². The highest BCUT2D eigenvalue weighted by atomic mass is 35.5. The van der Waals surface area contributed by atoms with Crippen LogP contribution in [0.3, 0.4) is 0 Å². The highest BCUT2D eigenvalue weighted by molar-refractivity contribution is 6.34. The molecule has 0 aromatic heterocycles. The first-order valence-corrected chi connectivity index (χ1v) is 7.65. The summed E-state index contributed by atoms with van der Waals surface area (Å²) in [6, 6.07) is 14.3. The highest BCUT2D eigenvalue weighted by Crippen LogP contribution is 2.28. The third-order valence-corrected chi connectivity index (χ3v) is 4.36. The largest absolute Gasteiger partial charge is 0.367 e. The molecule has 0 aliphatic carbocycles. The number of carbonyl (C=O) groups is 1. The summed E-state index contributed by atoms with van der Waals surface area (Å²) in [6.45, 7) is 3.44. The first-order valence-electron chi connectivity index (χ1n) is 7.27. The molecule has 3 rings (SSSR count). The van der Waals surface area contributed by atoms with Crippen LogP contribution in [-0.2, 0) is 13.0 Å². The van der Waals surface area contributed by atoms with Crippen LogP contribution >= 0.6 is 11.6 Å². The zero-order chi connectivity index (χ0) is 14.8. The summed E-state index contributed by atoms with van der Waals surface area (Å²) in [6.07, 6.45) is 2.25. The smallest absolute Gasteiger partial charge is 0.161 e. The Labute approximate surface area is 130 Å². The fourth-order valence-electron chi connectivity index (χ4n) is 2.91. The molecule has 2 nitrogen and oxygen atoms in total. The molecule has 21 heavy (non-hydrogen) atoms. The number of Topliss-reactive ketones (excluding diaryl/α,β-unsaturated/α-hetero) is 1. The number of hydrogen-bond donors (Lipinski definition) is 0. The van der Waals surface area contributed by atoms with E-state index in [4.69, 9.17) is 11.6 Å². The van der Waals surface area contributed by atoms with Gasteiger partial charge in [-0.15, -0.1) is 0 Å². The van der Waals surface area contributed by atoms with Crippen LogP contribution in [0.25, 0.3) is 0 Å². The van der Waals surface area contributed by atoms with E-state index in [-0.39, 0.29) is 5.78 Å². The number of ketones is 1. The van der Waals surface area contributed by atoms with Gasteiger partial charge in [0.2, 0.25) is 0 Å². The van der Waals surface area contributed by atoms with Crippen molar-refractivity contribution in [3.63, 3.8) is 0 Å². The second-order valence-electron chi connectivity index (χ2n) is 5.51. The molecule has 0 N–H and O–H groups in total. The van der Waals surface area contributed by atoms with Crippen molar-refractivity contribution < 1.29 is 4.79 Å². The average molecular weight is 300 g/mol. The average Bonchev–Trinajstić information content (AvgIpc) is 2.68. The van der Waals surface area contributed by atoms with Gasteiger partial charge < -0.3 is 4.90 Å². The SMILES string of the molecule is CC(=O)c1ccc(N2CCCc3ccccc3C2)cc1Cl. The molecule has 1 aliphatic rings. The Bertz CT molecular complexity index is 681. The molecule has 0 radical (unpaired) electrons. The van der Waals surface area contributed by atoms with Gasteiger partial charge in [0.1, 0.15) is 0 Å². The van der Waals surface area contributed by atoms with Crippen molar-refractivity contribution >= 4 is 23.1 Å². The zero-order valence-electron chi connectivity index (χ0n) is 12.1. The lowest BCUT2D eigenvalue weighted by molar-refractivity contribution is 0.101. The van der Waals surface area contributed by atoms with Gasteiger partial charge in [-0.2, -0.15) is 0 Å². The Hall–Kier alpha value is -1.80. The maximum Gasteiger partial charge on any atom is 0.161 e. The van der Waals surface area contributed by atoms with Crippen LogP contribution < -0.4 is 4.90 Å². The molecule has 0 saturated carbocycles. The molecule has 1 heterocycles. The minimum atomic E-state index is 0.00719. The quantitative estimate of drug-likeness (QED) is 0.761. The molecule has 0 fully saturated rings. The van der Waals surface area contributed by atoms with Crippen LogP contribution in [0.15, 0.2) is 42.5 Å². The third-order valence-electron chi connectivity index (χ3n) is 4.05. The first-order chi connectivity index (χ1) is 10.1. The van der Waals surface area contributed by atoms with E-state index < -0.39 is 0 Å². The molecule has 2 aromatic rings. The van der Waals surface area contributed by atoms with Crippen molar-refractivity contribution in [1.29, 1.82) is 0 Å². The van der Waals surface area contributed by atoms with Gasteiger partial charge in [0.25, 0.3) is 0 Å². The summed E-state index contributed by atoms with van der Waals surface area (Å²) in [7, 11) is 0. The van der Waals surface area contributed by atoms with Crippen LogP contribution in [0.5, 0.6) is 0 Å². The Morgan fingerprint density at radius 3 is 2.62 bits per heavy atom. The van der Waals surface area contributed by atoms with Crippen molar-refractivity contribution in [2.75, 3.05) is 11.4 Å². The number of fused-ring (bicyclic) bond motifs is 1. The van der Waals surface area contributed by atoms with Crippen molar-refractivity contribution in [1.82, 2.24) is 0 Å². The highest BCUT2D eigenvalue weighted by Gasteiger charge is 2.16. The lowest BCUT2D eigenvalue weighted by atomic mass is 10.0. The van der Waals surface area contributed by atoms with Gasteiger partial charge in [-0.25, -0.2) is 0 Å². The number of aryl methyl sites for hydroxylation is 1. The third kappa shape index (κ3) is 2.96. The number of carbonyl (C=O) groups excluding carboxylic acids is 1. The molecule has 3 heteroatoms. The summed E-state index contributed by atoms with van der Waals surface area (Å²) in [5.74, 6) is 0.00719. The maximum absolute atomic E-state index is 11.5. The molecular formula is C18H18ClNO. The number of benzene rings is 2. The molecule has 0 amide bonds. The standard InChI is InChI=1S/C18H18ClNO/c1-13(21)17-9-8-16(11-18(17)19)20-10-4-7-14-5-2-3-6-15(14)12-20/h2-3,5-6,8-9,11H,4,7,10,12H2,1H3. The molecule has 0 spiro atoms. The van der Waals surface area contributed by atoms with Crippen LogP contribution in [-0.4, -0.2) is 12.3 Å². The fourth-order valence-corrected chi connectivity index (χ4v) is 3.22. The normalized spacial score (nSPS) is 14.5. The van der Waals surface area contributed by atoms with Crippen LogP contribution in [0.1, 0.15) is 34.8 Å². The van der Waals surface area contributed by atoms with Crippen LogP contribution in [0.2, 0.25) is 5.02 Å². The minimum absolute atomic E-state index is 0.00719. The first kappa shape index (κ1) is 14.2. The summed E-state index contributed by atoms with van der Waals surface area (Å²) >= 11 is 6.24. The maximum atomic E-state index is 11.5.